The molecule has 0 bridgehead atoms. The fourth-order valence-electron chi connectivity index (χ4n) is 1.85. The molecule has 0 aromatic heterocycles. The molecule has 18 heavy (non-hydrogen) atoms. The summed E-state index contributed by atoms with van der Waals surface area (Å²) in [6.07, 6.45) is 2.10. The van der Waals surface area contributed by atoms with Crippen LogP contribution in [0.4, 0.5) is 0 Å². The smallest absolute Gasteiger partial charge is 0.341 e. The third kappa shape index (κ3) is 2.45. The van der Waals surface area contributed by atoms with Gasteiger partial charge < -0.3 is 9.47 Å². The maximum absolute atomic E-state index is 12.0. The van der Waals surface area contributed by atoms with Gasteiger partial charge in [0.15, 0.2) is 0 Å². The number of esters is 1. The van der Waals surface area contributed by atoms with E-state index >= 15 is 0 Å². The van der Waals surface area contributed by atoms with Crippen LogP contribution in [0.2, 0.25) is 0 Å². The minimum absolute atomic E-state index is 0.343. The lowest BCUT2D eigenvalue weighted by Crippen LogP contribution is -2.36. The molecule has 0 N–H and O–H groups in total. The second kappa shape index (κ2) is 4.69. The van der Waals surface area contributed by atoms with Gasteiger partial charge in [0.05, 0.1) is 5.57 Å². The molecule has 3 heteroatoms. The zero-order valence-electron chi connectivity index (χ0n) is 10.6. The Hall–Kier alpha value is -2.03. The summed E-state index contributed by atoms with van der Waals surface area (Å²) in [6, 6.07) is 9.55. The summed E-state index contributed by atoms with van der Waals surface area (Å²) >= 11 is 0. The number of benzene rings is 1. The second-order valence-electron chi connectivity index (χ2n) is 4.56. The second-order valence-corrected chi connectivity index (χ2v) is 4.56. The molecule has 1 aliphatic rings. The summed E-state index contributed by atoms with van der Waals surface area (Å²) in [5.41, 5.74) is 1.38. The maximum Gasteiger partial charge on any atom is 0.341 e. The van der Waals surface area contributed by atoms with Crippen molar-refractivity contribution in [1.82, 2.24) is 0 Å². The van der Waals surface area contributed by atoms with E-state index in [1.807, 2.05) is 30.3 Å². The Bertz CT molecular complexity index is 498. The number of hydrogen-bond donors (Lipinski definition) is 0. The highest BCUT2D eigenvalue weighted by molar-refractivity contribution is 5.97. The highest BCUT2D eigenvalue weighted by atomic mass is 16.7. The molecule has 1 aromatic rings. The quantitative estimate of drug-likeness (QED) is 0.604. The Morgan fingerprint density at radius 1 is 1.22 bits per heavy atom. The molecule has 0 unspecified atom stereocenters. The molecule has 94 valence electrons. The number of allylic oxidation sites excluding steroid dienone is 1. The van der Waals surface area contributed by atoms with Gasteiger partial charge in [0.2, 0.25) is 5.79 Å². The number of ether oxygens (including phenoxy) is 2. The first-order valence-electron chi connectivity index (χ1n) is 5.85. The molecule has 0 aliphatic carbocycles. The average Bonchev–Trinajstić information content (AvgIpc) is 2.33. The Morgan fingerprint density at radius 2 is 1.89 bits per heavy atom. The zero-order valence-corrected chi connectivity index (χ0v) is 10.6. The van der Waals surface area contributed by atoms with Crippen molar-refractivity contribution in [2.24, 2.45) is 0 Å². The summed E-state index contributed by atoms with van der Waals surface area (Å²) in [7, 11) is 0. The minimum Gasteiger partial charge on any atom is -0.452 e. The van der Waals surface area contributed by atoms with Gasteiger partial charge in [-0.2, -0.15) is 0 Å². The van der Waals surface area contributed by atoms with Crippen molar-refractivity contribution in [3.63, 3.8) is 0 Å². The van der Waals surface area contributed by atoms with Crippen LogP contribution < -0.4 is 0 Å². The molecule has 0 saturated heterocycles. The van der Waals surface area contributed by atoms with Gasteiger partial charge in [0, 0.05) is 25.8 Å². The average molecular weight is 244 g/mol. The number of carbonyl (C=O) groups excluding carboxylic acids is 1. The zero-order chi connectivity index (χ0) is 13.2. The molecular weight excluding hydrogens is 228 g/mol. The van der Waals surface area contributed by atoms with Crippen LogP contribution in [0.25, 0.3) is 5.76 Å². The predicted octanol–water partition coefficient (Wildman–Crippen LogP) is 3.28. The molecule has 1 heterocycles. The molecule has 0 spiro atoms. The number of hydrogen-bond acceptors (Lipinski definition) is 3. The maximum atomic E-state index is 12.0. The Balaban J connectivity index is 2.51. The summed E-state index contributed by atoms with van der Waals surface area (Å²) in [6.45, 7) is 7.10. The Morgan fingerprint density at radius 3 is 2.50 bits per heavy atom. The summed E-state index contributed by atoms with van der Waals surface area (Å²) in [5, 5.41) is 0. The number of cyclic esters (lactones) is 1. The summed E-state index contributed by atoms with van der Waals surface area (Å²) in [4.78, 5) is 12.0. The molecule has 3 nitrogen and oxygen atoms in total. The molecule has 2 rings (SSSR count). The monoisotopic (exact) mass is 244 g/mol. The number of rotatable bonds is 3. The van der Waals surface area contributed by atoms with E-state index in [1.54, 1.807) is 19.9 Å². The van der Waals surface area contributed by atoms with Gasteiger partial charge in [-0.25, -0.2) is 4.79 Å². The van der Waals surface area contributed by atoms with E-state index in [0.717, 1.165) is 5.56 Å². The topological polar surface area (TPSA) is 35.5 Å². The van der Waals surface area contributed by atoms with Crippen LogP contribution in [0, 0.1) is 0 Å². The molecule has 0 saturated carbocycles. The van der Waals surface area contributed by atoms with Crippen molar-refractivity contribution in [2.45, 2.75) is 26.1 Å². The van der Waals surface area contributed by atoms with Gasteiger partial charge >= 0.3 is 5.97 Å². The third-order valence-electron chi connectivity index (χ3n) is 2.59. The van der Waals surface area contributed by atoms with Crippen LogP contribution in [-0.2, 0) is 14.3 Å². The van der Waals surface area contributed by atoms with Gasteiger partial charge in [-0.05, 0) is 0 Å². The van der Waals surface area contributed by atoms with Crippen molar-refractivity contribution in [1.29, 1.82) is 0 Å². The normalized spacial score (nSPS) is 18.0. The van der Waals surface area contributed by atoms with Gasteiger partial charge in [0.1, 0.15) is 5.76 Å². The first-order chi connectivity index (χ1) is 8.53. The van der Waals surface area contributed by atoms with E-state index in [4.69, 9.17) is 9.47 Å². The highest BCUT2D eigenvalue weighted by Gasteiger charge is 2.35. The largest absolute Gasteiger partial charge is 0.452 e. The predicted molar refractivity (Wildman–Crippen MR) is 69.4 cm³/mol. The van der Waals surface area contributed by atoms with E-state index in [1.165, 1.54) is 0 Å². The molecule has 0 atom stereocenters. The fraction of sp³-hybridized carbons (Fsp3) is 0.267. The van der Waals surface area contributed by atoms with Crippen molar-refractivity contribution in [2.75, 3.05) is 0 Å². The van der Waals surface area contributed by atoms with Crippen LogP contribution in [0.15, 0.2) is 48.6 Å². The van der Waals surface area contributed by atoms with Crippen LogP contribution in [0.1, 0.15) is 25.8 Å². The molecule has 0 fully saturated rings. The van der Waals surface area contributed by atoms with E-state index in [-0.39, 0.29) is 5.97 Å². The molecule has 1 aromatic carbocycles. The van der Waals surface area contributed by atoms with Crippen molar-refractivity contribution >= 4 is 11.7 Å². The van der Waals surface area contributed by atoms with Crippen LogP contribution in [-0.4, -0.2) is 11.8 Å². The molecule has 0 amide bonds. The highest BCUT2D eigenvalue weighted by Crippen LogP contribution is 2.34. The summed E-state index contributed by atoms with van der Waals surface area (Å²) < 4.78 is 11.0. The Labute approximate surface area is 107 Å². The van der Waals surface area contributed by atoms with E-state index in [0.29, 0.717) is 17.8 Å². The first-order valence-corrected chi connectivity index (χ1v) is 5.85. The molecule has 0 radical (unpaired) electrons. The molecule has 1 aliphatic heterocycles. The standard InChI is InChI=1S/C15H16O3/c1-4-8-12-13(11-9-6-5-7-10-11)17-15(2,3)18-14(12)16/h4-7,9-10H,1,8H2,2-3H3. The van der Waals surface area contributed by atoms with E-state index in [2.05, 4.69) is 6.58 Å². The van der Waals surface area contributed by atoms with Gasteiger partial charge in [0.25, 0.3) is 0 Å². The summed E-state index contributed by atoms with van der Waals surface area (Å²) in [5.74, 6) is -0.700. The van der Waals surface area contributed by atoms with Gasteiger partial charge in [-0.1, -0.05) is 36.4 Å². The van der Waals surface area contributed by atoms with Crippen LogP contribution >= 0.6 is 0 Å². The number of carbonyl (C=O) groups is 1. The van der Waals surface area contributed by atoms with E-state index < -0.39 is 5.79 Å². The first kappa shape index (κ1) is 12.4. The van der Waals surface area contributed by atoms with Crippen molar-refractivity contribution in [3.8, 4) is 0 Å². The van der Waals surface area contributed by atoms with Crippen molar-refractivity contribution in [3.05, 3.63) is 54.1 Å². The lowest BCUT2D eigenvalue weighted by molar-refractivity contribution is -0.195. The van der Waals surface area contributed by atoms with Gasteiger partial charge in [-0.15, -0.1) is 6.58 Å². The van der Waals surface area contributed by atoms with Crippen LogP contribution in [0.5, 0.6) is 0 Å². The minimum atomic E-state index is -0.938. The lowest BCUT2D eigenvalue weighted by atomic mass is 10.0. The molecular formula is C15H16O3. The lowest BCUT2D eigenvalue weighted by Gasteiger charge is -2.33. The van der Waals surface area contributed by atoms with E-state index in [9.17, 15) is 4.79 Å². The fourth-order valence-corrected chi connectivity index (χ4v) is 1.85. The Kier molecular flexibility index (Phi) is 3.24. The van der Waals surface area contributed by atoms with Crippen molar-refractivity contribution < 1.29 is 14.3 Å². The SMILES string of the molecule is C=CCC1=C(c2ccccc2)OC(C)(C)OC1=O. The third-order valence-corrected chi connectivity index (χ3v) is 2.59. The van der Waals surface area contributed by atoms with Crippen LogP contribution in [0.3, 0.4) is 0 Å². The van der Waals surface area contributed by atoms with Gasteiger partial charge in [-0.3, -0.25) is 0 Å².